The van der Waals surface area contributed by atoms with Crippen molar-refractivity contribution in [1.82, 2.24) is 20.2 Å². The Kier molecular flexibility index (Phi) is 3.87. The monoisotopic (exact) mass is 226 g/mol. The Morgan fingerprint density at radius 1 is 1.69 bits per heavy atom. The minimum Gasteiger partial charge on any atom is -0.480 e. The van der Waals surface area contributed by atoms with E-state index in [0.29, 0.717) is 12.4 Å². The van der Waals surface area contributed by atoms with Crippen LogP contribution in [0.15, 0.2) is 12.4 Å². The van der Waals surface area contributed by atoms with Crippen molar-refractivity contribution in [2.75, 3.05) is 7.05 Å². The third kappa shape index (κ3) is 3.26. The summed E-state index contributed by atoms with van der Waals surface area (Å²) in [6.07, 6.45) is 3.24. The molecular weight excluding hydrogens is 212 g/mol. The van der Waals surface area contributed by atoms with Gasteiger partial charge in [-0.2, -0.15) is 0 Å². The van der Waals surface area contributed by atoms with E-state index >= 15 is 0 Å². The van der Waals surface area contributed by atoms with E-state index in [1.807, 2.05) is 0 Å². The number of carboxylic acids is 1. The van der Waals surface area contributed by atoms with Crippen molar-refractivity contribution < 1.29 is 14.7 Å². The molecule has 1 aromatic rings. The maximum Gasteiger partial charge on any atom is 0.325 e. The van der Waals surface area contributed by atoms with Crippen LogP contribution in [-0.4, -0.2) is 45.1 Å². The van der Waals surface area contributed by atoms with E-state index in [-0.39, 0.29) is 0 Å². The van der Waals surface area contributed by atoms with E-state index in [1.54, 1.807) is 19.4 Å². The molecule has 0 aliphatic heterocycles. The van der Waals surface area contributed by atoms with Crippen LogP contribution in [-0.2, 0) is 11.3 Å². The van der Waals surface area contributed by atoms with Crippen molar-refractivity contribution in [3.8, 4) is 0 Å². The molecule has 1 rings (SSSR count). The molecule has 7 nitrogen and oxygen atoms in total. The Balaban J connectivity index is 2.45. The first kappa shape index (κ1) is 12.0. The molecule has 1 atom stereocenters. The number of hydrogen-bond donors (Lipinski definition) is 3. The molecule has 16 heavy (non-hydrogen) atoms. The highest BCUT2D eigenvalue weighted by Gasteiger charge is 2.17. The molecule has 0 bridgehead atoms. The highest BCUT2D eigenvalue weighted by molar-refractivity contribution is 5.81. The van der Waals surface area contributed by atoms with Crippen LogP contribution in [0.1, 0.15) is 12.7 Å². The summed E-state index contributed by atoms with van der Waals surface area (Å²) in [6.45, 7) is 1.70. The summed E-state index contributed by atoms with van der Waals surface area (Å²) in [7, 11) is 1.56. The maximum absolute atomic E-state index is 11.5. The van der Waals surface area contributed by atoms with Crippen molar-refractivity contribution in [1.29, 1.82) is 0 Å². The van der Waals surface area contributed by atoms with Gasteiger partial charge in [-0.15, -0.1) is 0 Å². The average molecular weight is 226 g/mol. The number of hydrogen-bond acceptors (Lipinski definition) is 3. The lowest BCUT2D eigenvalue weighted by Crippen LogP contribution is -2.44. The van der Waals surface area contributed by atoms with Crippen LogP contribution < -0.4 is 5.32 Å². The molecule has 0 saturated heterocycles. The fourth-order valence-corrected chi connectivity index (χ4v) is 1.04. The highest BCUT2D eigenvalue weighted by Crippen LogP contribution is 1.96. The zero-order chi connectivity index (χ0) is 12.1. The quantitative estimate of drug-likeness (QED) is 0.674. The highest BCUT2D eigenvalue weighted by atomic mass is 16.4. The molecule has 0 unspecified atom stereocenters. The summed E-state index contributed by atoms with van der Waals surface area (Å²) in [5.41, 5.74) is 0. The second-order valence-corrected chi connectivity index (χ2v) is 3.40. The van der Waals surface area contributed by atoms with Gasteiger partial charge in [0.25, 0.3) is 0 Å². The fraction of sp³-hybridized carbons (Fsp3) is 0.444. The first-order valence-electron chi connectivity index (χ1n) is 4.73. The number of rotatable bonds is 4. The van der Waals surface area contributed by atoms with Crippen LogP contribution in [0.2, 0.25) is 0 Å². The van der Waals surface area contributed by atoms with Gasteiger partial charge in [-0.1, -0.05) is 0 Å². The van der Waals surface area contributed by atoms with Crippen LogP contribution in [0.25, 0.3) is 0 Å². The molecule has 7 heteroatoms. The van der Waals surface area contributed by atoms with Crippen LogP contribution in [0.3, 0.4) is 0 Å². The number of aliphatic carboxylic acids is 1. The number of amides is 2. The molecule has 2 amide bonds. The first-order valence-corrected chi connectivity index (χ1v) is 4.73. The number of nitrogens with one attached hydrogen (secondary N) is 2. The lowest BCUT2D eigenvalue weighted by Gasteiger charge is -2.18. The molecule has 0 radical (unpaired) electrons. The predicted octanol–water partition coefficient (Wildman–Crippen LogP) is 0.0242. The van der Waals surface area contributed by atoms with Crippen LogP contribution in [0, 0.1) is 0 Å². The van der Waals surface area contributed by atoms with Gasteiger partial charge in [0.05, 0.1) is 6.54 Å². The molecule has 3 N–H and O–H groups in total. The Hall–Kier alpha value is -2.05. The third-order valence-electron chi connectivity index (χ3n) is 2.00. The fourth-order valence-electron chi connectivity index (χ4n) is 1.04. The number of H-pyrrole nitrogens is 1. The van der Waals surface area contributed by atoms with Gasteiger partial charge in [0.2, 0.25) is 0 Å². The number of urea groups is 1. The topological polar surface area (TPSA) is 98.3 Å². The molecule has 0 aromatic carbocycles. The van der Waals surface area contributed by atoms with Gasteiger partial charge in [0, 0.05) is 19.4 Å². The summed E-state index contributed by atoms with van der Waals surface area (Å²) in [6, 6.07) is -1.36. The summed E-state index contributed by atoms with van der Waals surface area (Å²) in [5.74, 6) is -0.430. The van der Waals surface area contributed by atoms with E-state index in [0.717, 1.165) is 0 Å². The maximum atomic E-state index is 11.5. The molecule has 1 aromatic heterocycles. The van der Waals surface area contributed by atoms with Crippen molar-refractivity contribution in [2.45, 2.75) is 19.5 Å². The number of nitrogens with zero attached hydrogens (tertiary/aromatic N) is 2. The van der Waals surface area contributed by atoms with Gasteiger partial charge in [0.1, 0.15) is 11.9 Å². The van der Waals surface area contributed by atoms with Gasteiger partial charge in [-0.3, -0.25) is 4.79 Å². The Bertz CT molecular complexity index is 363. The van der Waals surface area contributed by atoms with Gasteiger partial charge in [-0.05, 0) is 6.92 Å². The van der Waals surface area contributed by atoms with Crippen molar-refractivity contribution in [2.24, 2.45) is 0 Å². The Morgan fingerprint density at radius 3 is 2.88 bits per heavy atom. The number of carbonyl (C=O) groups is 2. The van der Waals surface area contributed by atoms with E-state index in [9.17, 15) is 9.59 Å². The van der Waals surface area contributed by atoms with Crippen LogP contribution in [0.5, 0.6) is 0 Å². The largest absolute Gasteiger partial charge is 0.480 e. The normalized spacial score (nSPS) is 11.9. The second-order valence-electron chi connectivity index (χ2n) is 3.40. The molecule has 1 heterocycles. The lowest BCUT2D eigenvalue weighted by atomic mass is 10.3. The molecule has 0 saturated carbocycles. The SMILES string of the molecule is C[C@H](NC(=O)N(C)Cc1ncc[nH]1)C(=O)O. The summed E-state index contributed by atoms with van der Waals surface area (Å²) in [4.78, 5) is 30.2. The van der Waals surface area contributed by atoms with Crippen molar-refractivity contribution in [3.63, 3.8) is 0 Å². The molecule has 0 fully saturated rings. The number of aromatic amines is 1. The molecule has 0 aliphatic carbocycles. The number of carboxylic acid groups (broad SMARTS) is 1. The van der Waals surface area contributed by atoms with E-state index in [1.165, 1.54) is 11.8 Å². The van der Waals surface area contributed by atoms with Gasteiger partial charge in [-0.25, -0.2) is 9.78 Å². The van der Waals surface area contributed by atoms with Gasteiger partial charge >= 0.3 is 12.0 Å². The first-order chi connectivity index (χ1) is 7.50. The van der Waals surface area contributed by atoms with E-state index < -0.39 is 18.0 Å². The van der Waals surface area contributed by atoms with Gasteiger partial charge < -0.3 is 20.3 Å². The van der Waals surface area contributed by atoms with Crippen LogP contribution >= 0.6 is 0 Å². The Labute approximate surface area is 92.5 Å². The summed E-state index contributed by atoms with van der Waals surface area (Å²) >= 11 is 0. The molecule has 0 aliphatic rings. The molecular formula is C9H14N4O3. The number of aromatic nitrogens is 2. The zero-order valence-corrected chi connectivity index (χ0v) is 9.10. The predicted molar refractivity (Wildman–Crippen MR) is 55.7 cm³/mol. The lowest BCUT2D eigenvalue weighted by molar-refractivity contribution is -0.138. The minimum absolute atomic E-state index is 0.297. The van der Waals surface area contributed by atoms with Crippen molar-refractivity contribution >= 4 is 12.0 Å². The Morgan fingerprint density at radius 2 is 2.38 bits per heavy atom. The summed E-state index contributed by atoms with van der Waals surface area (Å²) in [5, 5.41) is 11.0. The minimum atomic E-state index is -1.07. The smallest absolute Gasteiger partial charge is 0.325 e. The third-order valence-corrected chi connectivity index (χ3v) is 2.00. The average Bonchev–Trinajstić information content (AvgIpc) is 2.69. The van der Waals surface area contributed by atoms with Crippen LogP contribution in [0.4, 0.5) is 4.79 Å². The summed E-state index contributed by atoms with van der Waals surface area (Å²) < 4.78 is 0. The van der Waals surface area contributed by atoms with Crippen molar-refractivity contribution in [3.05, 3.63) is 18.2 Å². The molecule has 0 spiro atoms. The van der Waals surface area contributed by atoms with E-state index in [4.69, 9.17) is 5.11 Å². The van der Waals surface area contributed by atoms with E-state index in [2.05, 4.69) is 15.3 Å². The standard InChI is InChI=1S/C9H14N4O3/c1-6(8(14)15)12-9(16)13(2)5-7-10-3-4-11-7/h3-4,6H,5H2,1-2H3,(H,10,11)(H,12,16)(H,14,15)/t6-/m0/s1. The number of carbonyl (C=O) groups excluding carboxylic acids is 1. The second kappa shape index (κ2) is 5.15. The van der Waals surface area contributed by atoms with Gasteiger partial charge in [0.15, 0.2) is 0 Å². The zero-order valence-electron chi connectivity index (χ0n) is 9.10. The number of imidazole rings is 1. The molecule has 88 valence electrons.